The zero-order valence-electron chi connectivity index (χ0n) is 11.5. The van der Waals surface area contributed by atoms with Crippen LogP contribution in [-0.4, -0.2) is 58.5 Å². The van der Waals surface area contributed by atoms with E-state index in [1.54, 1.807) is 0 Å². The van der Waals surface area contributed by atoms with Gasteiger partial charge in [-0.25, -0.2) is 13.2 Å². The number of carboxylic acid groups (broad SMARTS) is 2. The predicted octanol–water partition coefficient (Wildman–Crippen LogP) is -2.57. The van der Waals surface area contributed by atoms with Gasteiger partial charge < -0.3 is 32.0 Å². The fourth-order valence-electron chi connectivity index (χ4n) is 1.06. The maximum atomic E-state index is 10.3. The van der Waals surface area contributed by atoms with Gasteiger partial charge in [0.1, 0.15) is 0 Å². The summed E-state index contributed by atoms with van der Waals surface area (Å²) in [5.41, 5.74) is 0. The predicted molar refractivity (Wildman–Crippen MR) is 64.2 cm³/mol. The SMILES string of the molecule is CN1C=CN(CCCS(=O)(=O)[O-])[CH-]1.O=C(O)O.[CH3-].[Na+].[Ru+2]. The Morgan fingerprint density at radius 3 is 2.10 bits per heavy atom. The van der Waals surface area contributed by atoms with Crippen LogP contribution in [0.1, 0.15) is 6.42 Å². The van der Waals surface area contributed by atoms with Gasteiger partial charge in [0.15, 0.2) is 0 Å². The first-order valence-electron chi connectivity index (χ1n) is 4.57. The van der Waals surface area contributed by atoms with E-state index in [1.165, 1.54) is 0 Å². The van der Waals surface area contributed by atoms with Crippen molar-refractivity contribution in [2.45, 2.75) is 6.42 Å². The van der Waals surface area contributed by atoms with Crippen LogP contribution in [0.4, 0.5) is 4.79 Å². The van der Waals surface area contributed by atoms with Gasteiger partial charge in [-0.2, -0.15) is 6.67 Å². The van der Waals surface area contributed by atoms with Gasteiger partial charge in [0, 0.05) is 5.75 Å². The van der Waals surface area contributed by atoms with Crippen LogP contribution in [0.25, 0.3) is 0 Å². The second-order valence-corrected chi connectivity index (χ2v) is 4.74. The molecule has 1 rings (SSSR count). The van der Waals surface area contributed by atoms with Crippen LogP contribution in [0.3, 0.4) is 0 Å². The van der Waals surface area contributed by atoms with Gasteiger partial charge >= 0.3 is 55.2 Å². The normalized spacial score (nSPS) is 12.3. The summed E-state index contributed by atoms with van der Waals surface area (Å²) >= 11 is 0. The minimum absolute atomic E-state index is 0. The van der Waals surface area contributed by atoms with Crippen molar-refractivity contribution in [3.05, 3.63) is 26.5 Å². The van der Waals surface area contributed by atoms with E-state index in [2.05, 4.69) is 0 Å². The van der Waals surface area contributed by atoms with E-state index >= 15 is 0 Å². The number of rotatable bonds is 4. The molecule has 1 aliphatic rings. The molecule has 8 nitrogen and oxygen atoms in total. The van der Waals surface area contributed by atoms with Gasteiger partial charge in [0.2, 0.25) is 0 Å². The Labute approximate surface area is 154 Å². The molecular weight excluding hydrogens is 388 g/mol. The van der Waals surface area contributed by atoms with Crippen molar-refractivity contribution in [2.24, 2.45) is 0 Å². The molecule has 0 aromatic heterocycles. The van der Waals surface area contributed by atoms with E-state index in [0.717, 1.165) is 0 Å². The number of hydrogen-bond donors (Lipinski definition) is 2. The van der Waals surface area contributed by atoms with Crippen molar-refractivity contribution in [3.63, 3.8) is 0 Å². The largest absolute Gasteiger partial charge is 2.00 e. The fraction of sp³-hybridized carbons (Fsp3) is 0.444. The Balaban J connectivity index is -0.000000164. The van der Waals surface area contributed by atoms with Gasteiger partial charge in [0.05, 0.1) is 10.1 Å². The Morgan fingerprint density at radius 2 is 1.80 bits per heavy atom. The van der Waals surface area contributed by atoms with E-state index < -0.39 is 16.3 Å². The van der Waals surface area contributed by atoms with E-state index in [-0.39, 0.29) is 62.2 Å². The molecule has 1 aliphatic heterocycles. The third-order valence-corrected chi connectivity index (χ3v) is 2.42. The standard InChI is InChI=1S/C7H13N2O3S.CH2O3.CH3.Na.Ru/c1-8-4-5-9(7-8)3-2-6-13(10,11)12;2-1(3)4;;;/h4-5,7H,2-3,6H2,1H3,(H,10,11,12);(H2,2,3,4);1H3;;/q-1;;-1;+1;+2/p-1. The zero-order valence-corrected chi connectivity index (χ0v) is 16.1. The molecule has 0 radical (unpaired) electrons. The molecule has 0 unspecified atom stereocenters. The number of carbonyl (C=O) groups is 1. The second-order valence-electron chi connectivity index (χ2n) is 3.21. The molecular formula is C9H17N2NaO6RuS. The van der Waals surface area contributed by atoms with Crippen LogP contribution < -0.4 is 29.6 Å². The Kier molecular flexibility index (Phi) is 20.0. The van der Waals surface area contributed by atoms with Crippen LogP contribution in [-0.2, 0) is 29.6 Å². The first-order chi connectivity index (χ1) is 7.70. The second kappa shape index (κ2) is 14.1. The van der Waals surface area contributed by atoms with Crippen molar-refractivity contribution in [3.8, 4) is 0 Å². The molecule has 0 amide bonds. The first kappa shape index (κ1) is 28.3. The van der Waals surface area contributed by atoms with Crippen LogP contribution in [0.15, 0.2) is 12.4 Å². The van der Waals surface area contributed by atoms with Crippen LogP contribution in [0, 0.1) is 14.1 Å². The third kappa shape index (κ3) is 20.5. The molecule has 0 saturated carbocycles. The van der Waals surface area contributed by atoms with Gasteiger partial charge in [-0.05, 0) is 32.4 Å². The summed E-state index contributed by atoms with van der Waals surface area (Å²) in [5.74, 6) is -0.297. The van der Waals surface area contributed by atoms with E-state index in [4.69, 9.17) is 15.0 Å². The van der Waals surface area contributed by atoms with Crippen molar-refractivity contribution in [1.29, 1.82) is 0 Å². The number of nitrogens with zero attached hydrogens (tertiary/aromatic N) is 2. The summed E-state index contributed by atoms with van der Waals surface area (Å²) in [7, 11) is -2.18. The summed E-state index contributed by atoms with van der Waals surface area (Å²) in [6.45, 7) is 2.39. The summed E-state index contributed by atoms with van der Waals surface area (Å²) in [6.07, 6.45) is 2.21. The molecule has 0 aromatic rings. The van der Waals surface area contributed by atoms with Gasteiger partial charge in [-0.1, -0.05) is 0 Å². The monoisotopic (exact) mass is 406 g/mol. The van der Waals surface area contributed by atoms with Crippen LogP contribution >= 0.6 is 0 Å². The van der Waals surface area contributed by atoms with Gasteiger partial charge in [0.25, 0.3) is 0 Å². The van der Waals surface area contributed by atoms with E-state index in [9.17, 15) is 13.0 Å². The average molecular weight is 405 g/mol. The molecule has 0 fully saturated rings. The van der Waals surface area contributed by atoms with E-state index in [0.29, 0.717) is 13.0 Å². The summed E-state index contributed by atoms with van der Waals surface area (Å²) in [5, 5.41) is 13.9. The van der Waals surface area contributed by atoms with E-state index in [1.807, 2.05) is 35.9 Å². The molecule has 0 atom stereocenters. The number of hydrogen-bond acceptors (Lipinski definition) is 6. The van der Waals surface area contributed by atoms with Crippen molar-refractivity contribution >= 4 is 16.3 Å². The quantitative estimate of drug-likeness (QED) is 0.298. The maximum absolute atomic E-state index is 10.3. The first-order valence-corrected chi connectivity index (χ1v) is 6.15. The minimum Gasteiger partial charge on any atom is -0.748 e. The topological polar surface area (TPSA) is 121 Å². The zero-order chi connectivity index (χ0) is 13.5. The Bertz CT molecular complexity index is 375. The third-order valence-electron chi connectivity index (χ3n) is 1.63. The molecule has 0 aromatic carbocycles. The van der Waals surface area contributed by atoms with Gasteiger partial charge in [-0.15, -0.1) is 0 Å². The van der Waals surface area contributed by atoms with Crippen molar-refractivity contribution < 1.29 is 77.0 Å². The summed E-state index contributed by atoms with van der Waals surface area (Å²) < 4.78 is 30.8. The molecule has 20 heavy (non-hydrogen) atoms. The molecule has 2 N–H and O–H groups in total. The molecule has 114 valence electrons. The molecule has 0 bridgehead atoms. The molecule has 11 heteroatoms. The maximum Gasteiger partial charge on any atom is 2.00 e. The minimum atomic E-state index is -4.06. The molecule has 0 aliphatic carbocycles. The molecule has 1 heterocycles. The Morgan fingerprint density at radius 1 is 1.35 bits per heavy atom. The summed E-state index contributed by atoms with van der Waals surface area (Å²) in [4.78, 5) is 12.2. The van der Waals surface area contributed by atoms with Gasteiger partial charge in [-0.3, -0.25) is 0 Å². The van der Waals surface area contributed by atoms with Crippen LogP contribution in [0.5, 0.6) is 0 Å². The van der Waals surface area contributed by atoms with Crippen molar-refractivity contribution in [2.75, 3.05) is 19.3 Å². The van der Waals surface area contributed by atoms with Crippen molar-refractivity contribution in [1.82, 2.24) is 9.80 Å². The molecule has 0 spiro atoms. The Hall–Kier alpha value is 0.143. The molecule has 0 saturated heterocycles. The van der Waals surface area contributed by atoms with Crippen LogP contribution in [0.2, 0.25) is 0 Å². The summed E-state index contributed by atoms with van der Waals surface area (Å²) in [6, 6.07) is 0. The smallest absolute Gasteiger partial charge is 0.748 e. The fourth-order valence-corrected chi connectivity index (χ4v) is 1.54. The average Bonchev–Trinajstić information content (AvgIpc) is 2.48.